The maximum atomic E-state index is 12.0. The summed E-state index contributed by atoms with van der Waals surface area (Å²) in [6.45, 7) is 1.27. The number of anilines is 1. The average Bonchev–Trinajstić information content (AvgIpc) is 3.25. The molecule has 5 nitrogen and oxygen atoms in total. The van der Waals surface area contributed by atoms with Gasteiger partial charge in [0, 0.05) is 52.3 Å². The first kappa shape index (κ1) is 17.6. The molecule has 2 aromatic heterocycles. The summed E-state index contributed by atoms with van der Waals surface area (Å²) < 4.78 is 1.05. The van der Waals surface area contributed by atoms with Crippen molar-refractivity contribution in [1.29, 1.82) is 0 Å². The van der Waals surface area contributed by atoms with Crippen molar-refractivity contribution in [2.45, 2.75) is 32.2 Å². The van der Waals surface area contributed by atoms with Gasteiger partial charge in [0.05, 0.1) is 16.8 Å². The lowest BCUT2D eigenvalue weighted by atomic mass is 9.95. The van der Waals surface area contributed by atoms with Gasteiger partial charge in [0.15, 0.2) is 0 Å². The molecule has 1 aromatic carbocycles. The second-order valence-corrected chi connectivity index (χ2v) is 8.75. The van der Waals surface area contributed by atoms with Gasteiger partial charge in [0.1, 0.15) is 0 Å². The van der Waals surface area contributed by atoms with Crippen molar-refractivity contribution >= 4 is 50.7 Å². The van der Waals surface area contributed by atoms with E-state index in [4.69, 9.17) is 11.6 Å². The third-order valence-corrected chi connectivity index (χ3v) is 6.69. The lowest BCUT2D eigenvalue weighted by Crippen LogP contribution is -2.27. The van der Waals surface area contributed by atoms with Gasteiger partial charge in [-0.05, 0) is 42.7 Å². The summed E-state index contributed by atoms with van der Waals surface area (Å²) in [5.74, 6) is -0.188. The van der Waals surface area contributed by atoms with E-state index >= 15 is 0 Å². The molecule has 7 heteroatoms. The van der Waals surface area contributed by atoms with Gasteiger partial charge in [-0.1, -0.05) is 11.6 Å². The number of halogens is 1. The molecule has 4 heterocycles. The van der Waals surface area contributed by atoms with Crippen LogP contribution in [0.2, 0.25) is 5.02 Å². The minimum atomic E-state index is -0.0938. The second-order valence-electron chi connectivity index (χ2n) is 7.18. The minimum Gasteiger partial charge on any atom is -0.384 e. The number of benzene rings is 1. The Kier molecular flexibility index (Phi) is 4.33. The van der Waals surface area contributed by atoms with E-state index in [-0.39, 0.29) is 11.8 Å². The first-order valence-electron chi connectivity index (χ1n) is 9.37. The molecule has 142 valence electrons. The van der Waals surface area contributed by atoms with E-state index in [0.29, 0.717) is 19.4 Å². The van der Waals surface area contributed by atoms with Crippen LogP contribution < -0.4 is 5.32 Å². The van der Waals surface area contributed by atoms with Gasteiger partial charge in [-0.25, -0.2) is 0 Å². The molecule has 0 radical (unpaired) electrons. The number of aromatic nitrogens is 1. The molecule has 1 saturated heterocycles. The van der Waals surface area contributed by atoms with Gasteiger partial charge in [0.25, 0.3) is 0 Å². The Morgan fingerprint density at radius 2 is 1.93 bits per heavy atom. The zero-order chi connectivity index (χ0) is 19.3. The van der Waals surface area contributed by atoms with E-state index in [0.717, 1.165) is 56.3 Å². The van der Waals surface area contributed by atoms with Gasteiger partial charge in [-0.2, -0.15) is 0 Å². The van der Waals surface area contributed by atoms with Gasteiger partial charge in [0.2, 0.25) is 11.8 Å². The fraction of sp³-hybridized carbons (Fsp3) is 0.286. The number of thiophene rings is 1. The predicted octanol–water partition coefficient (Wildman–Crippen LogP) is 4.62. The molecule has 0 bridgehead atoms. The van der Waals surface area contributed by atoms with Crippen molar-refractivity contribution in [1.82, 2.24) is 9.88 Å². The Morgan fingerprint density at radius 1 is 1.11 bits per heavy atom. The third-order valence-electron chi connectivity index (χ3n) is 5.33. The van der Waals surface area contributed by atoms with E-state index in [2.05, 4.69) is 10.3 Å². The first-order chi connectivity index (χ1) is 13.6. The Balaban J connectivity index is 1.60. The maximum Gasteiger partial charge on any atom is 0.230 e. The lowest BCUT2D eigenvalue weighted by Gasteiger charge is -2.22. The predicted molar refractivity (Wildman–Crippen MR) is 112 cm³/mol. The molecule has 2 amide bonds. The fourth-order valence-corrected chi connectivity index (χ4v) is 5.38. The molecule has 2 aliphatic heterocycles. The number of amides is 2. The molecule has 5 rings (SSSR count). The van der Waals surface area contributed by atoms with Crippen molar-refractivity contribution in [3.05, 3.63) is 45.9 Å². The molecule has 0 aliphatic carbocycles. The van der Waals surface area contributed by atoms with Gasteiger partial charge >= 0.3 is 0 Å². The van der Waals surface area contributed by atoms with Crippen LogP contribution in [-0.2, 0) is 22.6 Å². The summed E-state index contributed by atoms with van der Waals surface area (Å²) in [7, 11) is 0. The third kappa shape index (κ3) is 2.97. The van der Waals surface area contributed by atoms with Crippen LogP contribution in [0, 0.1) is 0 Å². The highest BCUT2D eigenvalue weighted by Crippen LogP contribution is 2.41. The Morgan fingerprint density at radius 3 is 2.75 bits per heavy atom. The molecule has 2 aliphatic rings. The van der Waals surface area contributed by atoms with Crippen molar-refractivity contribution in [3.63, 3.8) is 0 Å². The Hall–Kier alpha value is -2.44. The van der Waals surface area contributed by atoms with Gasteiger partial charge in [-0.3, -0.25) is 19.5 Å². The Bertz CT molecular complexity index is 1110. The topological polar surface area (TPSA) is 62.3 Å². The highest BCUT2D eigenvalue weighted by Gasteiger charge is 2.29. The van der Waals surface area contributed by atoms with Gasteiger partial charge < -0.3 is 5.32 Å². The standard InChI is InChI=1S/C21H18ClN3O2S/c22-13-8-12-2-1-6-24-20(12)16(9-13)15-5-7-23-17-10-14(28-21(15)17)11-25-18(26)3-4-19(25)27/h5,7-10,24H,1-4,6,11H2. The highest BCUT2D eigenvalue weighted by molar-refractivity contribution is 7.19. The number of hydrogen-bond acceptors (Lipinski definition) is 5. The molecule has 1 fully saturated rings. The number of nitrogens with zero attached hydrogens (tertiary/aromatic N) is 2. The number of carbonyl (C=O) groups is 2. The van der Waals surface area contributed by atoms with E-state index in [9.17, 15) is 9.59 Å². The van der Waals surface area contributed by atoms with E-state index < -0.39 is 0 Å². The number of fused-ring (bicyclic) bond motifs is 2. The van der Waals surface area contributed by atoms with Crippen LogP contribution in [0.1, 0.15) is 29.7 Å². The average molecular weight is 412 g/mol. The molecule has 0 atom stereocenters. The lowest BCUT2D eigenvalue weighted by molar-refractivity contribution is -0.138. The molecular weight excluding hydrogens is 394 g/mol. The smallest absolute Gasteiger partial charge is 0.230 e. The molecular formula is C21H18ClN3O2S. The molecule has 0 unspecified atom stereocenters. The fourth-order valence-electron chi connectivity index (χ4n) is 4.01. The van der Waals surface area contributed by atoms with Crippen LogP contribution in [0.4, 0.5) is 5.69 Å². The summed E-state index contributed by atoms with van der Waals surface area (Å²) in [5, 5.41) is 4.26. The zero-order valence-electron chi connectivity index (χ0n) is 15.1. The van der Waals surface area contributed by atoms with Crippen LogP contribution in [-0.4, -0.2) is 28.2 Å². The molecule has 0 spiro atoms. The van der Waals surface area contributed by atoms with Crippen LogP contribution in [0.5, 0.6) is 0 Å². The molecule has 0 saturated carbocycles. The van der Waals surface area contributed by atoms with E-state index in [1.54, 1.807) is 17.5 Å². The largest absolute Gasteiger partial charge is 0.384 e. The molecule has 1 N–H and O–H groups in total. The van der Waals surface area contributed by atoms with Crippen molar-refractivity contribution < 1.29 is 9.59 Å². The number of likely N-dealkylation sites (tertiary alicyclic amines) is 1. The van der Waals surface area contributed by atoms with Gasteiger partial charge in [-0.15, -0.1) is 11.3 Å². The number of aryl methyl sites for hydroxylation is 1. The van der Waals surface area contributed by atoms with Crippen LogP contribution in [0.3, 0.4) is 0 Å². The second kappa shape index (κ2) is 6.87. The number of rotatable bonds is 3. The number of pyridine rings is 1. The number of nitrogens with one attached hydrogen (secondary N) is 1. The summed E-state index contributed by atoms with van der Waals surface area (Å²) in [4.78, 5) is 30.7. The summed E-state index contributed by atoms with van der Waals surface area (Å²) >= 11 is 8.00. The van der Waals surface area contributed by atoms with Crippen LogP contribution in [0.25, 0.3) is 21.3 Å². The minimum absolute atomic E-state index is 0.0938. The normalized spacial score (nSPS) is 16.5. The summed E-state index contributed by atoms with van der Waals surface area (Å²) in [5.41, 5.74) is 5.41. The van der Waals surface area contributed by atoms with Crippen LogP contribution in [0.15, 0.2) is 30.5 Å². The Labute approximate surface area is 171 Å². The number of imide groups is 1. The number of hydrogen-bond donors (Lipinski definition) is 1. The highest BCUT2D eigenvalue weighted by atomic mass is 35.5. The van der Waals surface area contributed by atoms with E-state index in [1.807, 2.05) is 24.3 Å². The molecule has 3 aromatic rings. The van der Waals surface area contributed by atoms with Crippen molar-refractivity contribution in [3.8, 4) is 11.1 Å². The summed E-state index contributed by atoms with van der Waals surface area (Å²) in [6.07, 6.45) is 4.54. The van der Waals surface area contributed by atoms with Crippen molar-refractivity contribution in [2.24, 2.45) is 0 Å². The maximum absolute atomic E-state index is 12.0. The number of carbonyl (C=O) groups excluding carboxylic acids is 2. The van der Waals surface area contributed by atoms with Crippen molar-refractivity contribution in [2.75, 3.05) is 11.9 Å². The zero-order valence-corrected chi connectivity index (χ0v) is 16.7. The SMILES string of the molecule is O=C1CCC(=O)N1Cc1cc2nccc(-c3cc(Cl)cc4c3NCCC4)c2s1. The quantitative estimate of drug-likeness (QED) is 0.638. The monoisotopic (exact) mass is 411 g/mol. The summed E-state index contributed by atoms with van der Waals surface area (Å²) in [6, 6.07) is 8.03. The van der Waals surface area contributed by atoms with E-state index in [1.165, 1.54) is 10.5 Å². The van der Waals surface area contributed by atoms with Crippen LogP contribution >= 0.6 is 22.9 Å². The first-order valence-corrected chi connectivity index (χ1v) is 10.6. The molecule has 28 heavy (non-hydrogen) atoms.